The second-order valence-electron chi connectivity index (χ2n) is 6.21. The van der Waals surface area contributed by atoms with Gasteiger partial charge in [0.15, 0.2) is 0 Å². The lowest BCUT2D eigenvalue weighted by atomic mass is 10.1. The number of hydrogen-bond donors (Lipinski definition) is 2. The van der Waals surface area contributed by atoms with Crippen LogP contribution in [0, 0.1) is 5.82 Å². The normalized spacial score (nSPS) is 16.0. The fourth-order valence-electron chi connectivity index (χ4n) is 3.17. The molecule has 1 fully saturated rings. The number of likely N-dealkylation sites (tertiary alicyclic amines) is 1. The molecule has 1 amide bonds. The minimum absolute atomic E-state index is 0.0917. The van der Waals surface area contributed by atoms with Crippen molar-refractivity contribution in [1.82, 2.24) is 9.88 Å². The van der Waals surface area contributed by atoms with Crippen LogP contribution in [0.15, 0.2) is 24.4 Å². The average Bonchev–Trinajstić information content (AvgIpc) is 2.97. The second kappa shape index (κ2) is 7.77. The molecule has 1 aromatic carbocycles. The lowest BCUT2D eigenvalue weighted by Crippen LogP contribution is -2.41. The molecule has 1 aliphatic heterocycles. The minimum Gasteiger partial charge on any atom is -0.396 e. The van der Waals surface area contributed by atoms with Gasteiger partial charge in [0, 0.05) is 43.4 Å². The Bertz CT molecular complexity index is 693. The van der Waals surface area contributed by atoms with Gasteiger partial charge in [-0.2, -0.15) is 0 Å². The number of nitrogens with zero attached hydrogens (tertiary/aromatic N) is 1. The molecule has 1 aliphatic rings. The van der Waals surface area contributed by atoms with Crippen LogP contribution in [0.2, 0.25) is 0 Å². The number of aromatic amines is 1. The molecule has 3 rings (SSSR count). The molecule has 1 aromatic heterocycles. The fraction of sp³-hybridized carbons (Fsp3) is 0.500. The van der Waals surface area contributed by atoms with Crippen LogP contribution in [0.1, 0.15) is 24.8 Å². The molecule has 0 bridgehead atoms. The lowest BCUT2D eigenvalue weighted by Gasteiger charge is -2.32. The highest BCUT2D eigenvalue weighted by Gasteiger charge is 2.23. The van der Waals surface area contributed by atoms with Crippen molar-refractivity contribution in [2.45, 2.75) is 31.8 Å². The van der Waals surface area contributed by atoms with Crippen molar-refractivity contribution in [1.29, 1.82) is 0 Å². The van der Waals surface area contributed by atoms with E-state index in [0.717, 1.165) is 23.8 Å². The molecule has 0 unspecified atom stereocenters. The van der Waals surface area contributed by atoms with Gasteiger partial charge in [-0.25, -0.2) is 4.39 Å². The zero-order valence-electron chi connectivity index (χ0n) is 13.6. The van der Waals surface area contributed by atoms with Crippen molar-refractivity contribution < 1.29 is 19.0 Å². The number of benzene rings is 1. The number of carbonyl (C=O) groups excluding carboxylic acids is 1. The standard InChI is InChI=1S/C18H23FN2O3/c19-14-2-3-16-13(12-20-17(16)11-14)10-18(23)21-6-4-15(5-7-21)24-9-1-8-22/h2-3,11-12,15,20,22H,1,4-10H2. The summed E-state index contributed by atoms with van der Waals surface area (Å²) in [5.74, 6) is -0.195. The predicted molar refractivity (Wildman–Crippen MR) is 89.2 cm³/mol. The molecule has 0 radical (unpaired) electrons. The van der Waals surface area contributed by atoms with Crippen LogP contribution in [-0.4, -0.2) is 53.3 Å². The van der Waals surface area contributed by atoms with E-state index in [0.29, 0.717) is 38.1 Å². The van der Waals surface area contributed by atoms with Gasteiger partial charge in [-0.1, -0.05) is 0 Å². The zero-order chi connectivity index (χ0) is 16.9. The number of halogens is 1. The first kappa shape index (κ1) is 16.9. The number of hydrogen-bond acceptors (Lipinski definition) is 3. The minimum atomic E-state index is -0.287. The van der Waals surface area contributed by atoms with Crippen LogP contribution in [-0.2, 0) is 16.0 Å². The number of amides is 1. The van der Waals surface area contributed by atoms with Gasteiger partial charge in [0.2, 0.25) is 5.91 Å². The van der Waals surface area contributed by atoms with E-state index < -0.39 is 0 Å². The summed E-state index contributed by atoms with van der Waals surface area (Å²) < 4.78 is 18.9. The summed E-state index contributed by atoms with van der Waals surface area (Å²) in [6.07, 6.45) is 4.60. The Balaban J connectivity index is 1.54. The number of carbonyl (C=O) groups is 1. The first-order valence-electron chi connectivity index (χ1n) is 8.43. The summed E-state index contributed by atoms with van der Waals surface area (Å²) in [4.78, 5) is 17.4. The Morgan fingerprint density at radius 2 is 2.17 bits per heavy atom. The SMILES string of the molecule is O=C(Cc1c[nH]c2cc(F)ccc12)N1CCC(OCCCO)CC1. The first-order chi connectivity index (χ1) is 11.7. The van der Waals surface area contributed by atoms with Gasteiger partial charge < -0.3 is 19.7 Å². The Kier molecular flexibility index (Phi) is 5.48. The highest BCUT2D eigenvalue weighted by molar-refractivity contribution is 5.89. The van der Waals surface area contributed by atoms with E-state index >= 15 is 0 Å². The number of aliphatic hydroxyl groups excluding tert-OH is 1. The van der Waals surface area contributed by atoms with Crippen LogP contribution in [0.3, 0.4) is 0 Å². The third-order valence-corrected chi connectivity index (χ3v) is 4.52. The molecule has 0 saturated carbocycles. The van der Waals surface area contributed by atoms with Crippen molar-refractivity contribution in [2.75, 3.05) is 26.3 Å². The molecule has 0 atom stereocenters. The van der Waals surface area contributed by atoms with Gasteiger partial charge in [0.05, 0.1) is 12.5 Å². The maximum atomic E-state index is 13.2. The van der Waals surface area contributed by atoms with Gasteiger partial charge in [-0.05, 0) is 43.0 Å². The fourth-order valence-corrected chi connectivity index (χ4v) is 3.17. The van der Waals surface area contributed by atoms with Crippen molar-refractivity contribution in [3.05, 3.63) is 35.8 Å². The molecule has 5 nitrogen and oxygen atoms in total. The van der Waals surface area contributed by atoms with Gasteiger partial charge in [-0.15, -0.1) is 0 Å². The number of H-pyrrole nitrogens is 1. The maximum Gasteiger partial charge on any atom is 0.227 e. The quantitative estimate of drug-likeness (QED) is 0.796. The molecule has 130 valence electrons. The van der Waals surface area contributed by atoms with E-state index in [-0.39, 0.29) is 24.4 Å². The smallest absolute Gasteiger partial charge is 0.227 e. The van der Waals surface area contributed by atoms with Gasteiger partial charge in [-0.3, -0.25) is 4.79 Å². The van der Waals surface area contributed by atoms with Crippen molar-refractivity contribution in [2.24, 2.45) is 0 Å². The molecular weight excluding hydrogens is 311 g/mol. The van der Waals surface area contributed by atoms with Crippen LogP contribution >= 0.6 is 0 Å². The Morgan fingerprint density at radius 3 is 2.92 bits per heavy atom. The number of nitrogens with one attached hydrogen (secondary N) is 1. The van der Waals surface area contributed by atoms with Crippen molar-refractivity contribution >= 4 is 16.8 Å². The number of piperidine rings is 1. The number of aromatic nitrogens is 1. The predicted octanol–water partition coefficient (Wildman–Crippen LogP) is 2.24. The Morgan fingerprint density at radius 1 is 1.38 bits per heavy atom. The monoisotopic (exact) mass is 334 g/mol. The molecule has 0 aliphatic carbocycles. The van der Waals surface area contributed by atoms with E-state index in [1.807, 2.05) is 4.90 Å². The van der Waals surface area contributed by atoms with Gasteiger partial charge in [0.1, 0.15) is 5.82 Å². The van der Waals surface area contributed by atoms with Crippen LogP contribution in [0.5, 0.6) is 0 Å². The zero-order valence-corrected chi connectivity index (χ0v) is 13.6. The van der Waals surface area contributed by atoms with E-state index in [4.69, 9.17) is 9.84 Å². The van der Waals surface area contributed by atoms with Gasteiger partial charge >= 0.3 is 0 Å². The van der Waals surface area contributed by atoms with Crippen molar-refractivity contribution in [3.63, 3.8) is 0 Å². The summed E-state index contributed by atoms with van der Waals surface area (Å²) in [6, 6.07) is 4.57. The molecule has 24 heavy (non-hydrogen) atoms. The summed E-state index contributed by atoms with van der Waals surface area (Å²) >= 11 is 0. The van der Waals surface area contributed by atoms with E-state index in [1.165, 1.54) is 12.1 Å². The number of aliphatic hydroxyl groups is 1. The average molecular weight is 334 g/mol. The van der Waals surface area contributed by atoms with Crippen LogP contribution in [0.25, 0.3) is 10.9 Å². The lowest BCUT2D eigenvalue weighted by molar-refractivity contribution is -0.133. The molecule has 2 N–H and O–H groups in total. The summed E-state index contributed by atoms with van der Waals surface area (Å²) in [7, 11) is 0. The largest absolute Gasteiger partial charge is 0.396 e. The third kappa shape index (κ3) is 3.94. The van der Waals surface area contributed by atoms with E-state index in [1.54, 1.807) is 12.3 Å². The highest BCUT2D eigenvalue weighted by Crippen LogP contribution is 2.21. The molecule has 6 heteroatoms. The van der Waals surface area contributed by atoms with E-state index in [9.17, 15) is 9.18 Å². The summed E-state index contributed by atoms with van der Waals surface area (Å²) in [5.41, 5.74) is 1.62. The first-order valence-corrected chi connectivity index (χ1v) is 8.43. The summed E-state index contributed by atoms with van der Waals surface area (Å²) in [5, 5.41) is 9.66. The molecule has 0 spiro atoms. The van der Waals surface area contributed by atoms with Crippen LogP contribution in [0.4, 0.5) is 4.39 Å². The highest BCUT2D eigenvalue weighted by atomic mass is 19.1. The second-order valence-corrected chi connectivity index (χ2v) is 6.21. The Hall–Kier alpha value is -1.92. The molecule has 2 heterocycles. The van der Waals surface area contributed by atoms with E-state index in [2.05, 4.69) is 4.98 Å². The van der Waals surface area contributed by atoms with Gasteiger partial charge in [0.25, 0.3) is 0 Å². The topological polar surface area (TPSA) is 65.6 Å². The molecular formula is C18H23FN2O3. The number of ether oxygens (including phenoxy) is 1. The third-order valence-electron chi connectivity index (χ3n) is 4.52. The summed E-state index contributed by atoms with van der Waals surface area (Å²) in [6.45, 7) is 2.10. The van der Waals surface area contributed by atoms with Crippen molar-refractivity contribution in [3.8, 4) is 0 Å². The Labute approximate surface area is 140 Å². The number of fused-ring (bicyclic) bond motifs is 1. The number of rotatable bonds is 6. The van der Waals surface area contributed by atoms with Crippen LogP contribution < -0.4 is 0 Å². The molecule has 1 saturated heterocycles. The molecule has 2 aromatic rings. The maximum absolute atomic E-state index is 13.2.